The van der Waals surface area contributed by atoms with E-state index in [1.54, 1.807) is 6.26 Å². The number of rotatable bonds is 2. The predicted octanol–water partition coefficient (Wildman–Crippen LogP) is 2.75. The summed E-state index contributed by atoms with van der Waals surface area (Å²) in [5.41, 5.74) is 0.522. The second kappa shape index (κ2) is 6.06. The van der Waals surface area contributed by atoms with Gasteiger partial charge in [0.2, 0.25) is 0 Å². The van der Waals surface area contributed by atoms with Gasteiger partial charge in [-0.3, -0.25) is 4.79 Å². The maximum absolute atomic E-state index is 12.8. The molecule has 2 unspecified atom stereocenters. The maximum Gasteiger partial charge on any atom is 0.273 e. The van der Waals surface area contributed by atoms with E-state index in [0.29, 0.717) is 16.7 Å². The van der Waals surface area contributed by atoms with Gasteiger partial charge in [-0.1, -0.05) is 0 Å². The van der Waals surface area contributed by atoms with E-state index in [-0.39, 0.29) is 11.9 Å². The van der Waals surface area contributed by atoms with Crippen molar-refractivity contribution in [1.82, 2.24) is 9.88 Å². The number of hydrogen-bond donors (Lipinski definition) is 0. The van der Waals surface area contributed by atoms with Gasteiger partial charge in [0.15, 0.2) is 10.8 Å². The van der Waals surface area contributed by atoms with E-state index in [0.717, 1.165) is 36.9 Å². The van der Waals surface area contributed by atoms with E-state index in [1.807, 2.05) is 34.2 Å². The molecule has 2 aromatic rings. The molecule has 116 valence electrons. The van der Waals surface area contributed by atoms with Crippen molar-refractivity contribution >= 4 is 29.0 Å². The molecule has 2 atom stereocenters. The number of ether oxygens (including phenoxy) is 1. The van der Waals surface area contributed by atoms with Gasteiger partial charge < -0.3 is 14.1 Å². The van der Waals surface area contributed by atoms with Crippen LogP contribution in [-0.4, -0.2) is 52.6 Å². The third-order valence-electron chi connectivity index (χ3n) is 4.05. The number of carbonyl (C=O) groups is 1. The molecule has 2 saturated heterocycles. The topological polar surface area (TPSA) is 55.6 Å². The molecule has 0 spiro atoms. The molecule has 0 bridgehead atoms. The fourth-order valence-electron chi connectivity index (χ4n) is 2.97. The van der Waals surface area contributed by atoms with Crippen molar-refractivity contribution in [2.24, 2.45) is 0 Å². The number of thiazole rings is 1. The van der Waals surface area contributed by atoms with Crippen LogP contribution in [0.3, 0.4) is 0 Å². The highest BCUT2D eigenvalue weighted by Gasteiger charge is 2.37. The summed E-state index contributed by atoms with van der Waals surface area (Å²) in [4.78, 5) is 19.3. The number of thioether (sulfide) groups is 1. The zero-order valence-corrected chi connectivity index (χ0v) is 13.6. The summed E-state index contributed by atoms with van der Waals surface area (Å²) in [7, 11) is 0. The first kappa shape index (κ1) is 14.3. The van der Waals surface area contributed by atoms with E-state index in [4.69, 9.17) is 9.15 Å². The number of furan rings is 1. The lowest BCUT2D eigenvalue weighted by Crippen LogP contribution is -2.54. The second-order valence-corrected chi connectivity index (χ2v) is 7.56. The summed E-state index contributed by atoms with van der Waals surface area (Å²) in [5, 5.41) is 2.98. The smallest absolute Gasteiger partial charge is 0.273 e. The highest BCUT2D eigenvalue weighted by Crippen LogP contribution is 2.32. The monoisotopic (exact) mass is 336 g/mol. The van der Waals surface area contributed by atoms with Crippen LogP contribution in [0.2, 0.25) is 0 Å². The number of hydrogen-bond acceptors (Lipinski definition) is 6. The number of carbonyl (C=O) groups excluding carboxylic acids is 1. The molecule has 4 heterocycles. The van der Waals surface area contributed by atoms with Gasteiger partial charge in [0, 0.05) is 35.6 Å². The molecule has 0 aliphatic carbocycles. The molecule has 0 saturated carbocycles. The average molecular weight is 336 g/mol. The number of fused-ring (bicyclic) bond motifs is 1. The molecule has 2 aromatic heterocycles. The van der Waals surface area contributed by atoms with Crippen LogP contribution < -0.4 is 0 Å². The van der Waals surface area contributed by atoms with Crippen molar-refractivity contribution in [1.29, 1.82) is 0 Å². The first-order chi connectivity index (χ1) is 10.8. The fraction of sp³-hybridized carbons (Fsp3) is 0.467. The zero-order chi connectivity index (χ0) is 14.9. The fourth-order valence-corrected chi connectivity index (χ4v) is 5.03. The lowest BCUT2D eigenvalue weighted by Gasteiger charge is -2.43. The molecule has 7 heteroatoms. The second-order valence-electron chi connectivity index (χ2n) is 5.35. The number of amides is 1. The summed E-state index contributed by atoms with van der Waals surface area (Å²) < 4.78 is 10.9. The lowest BCUT2D eigenvalue weighted by atomic mass is 10.1. The summed E-state index contributed by atoms with van der Waals surface area (Å²) in [6.45, 7) is 2.27. The van der Waals surface area contributed by atoms with Crippen molar-refractivity contribution < 1.29 is 13.9 Å². The molecule has 2 aliphatic rings. The summed E-state index contributed by atoms with van der Waals surface area (Å²) in [6.07, 6.45) is 2.53. The Morgan fingerprint density at radius 3 is 3.27 bits per heavy atom. The normalized spacial score (nSPS) is 25.0. The number of nitrogens with zero attached hydrogens (tertiary/aromatic N) is 2. The minimum absolute atomic E-state index is 0.0336. The third-order valence-corrected chi connectivity index (χ3v) is 6.20. The summed E-state index contributed by atoms with van der Waals surface area (Å²) in [5.74, 6) is 1.71. The van der Waals surface area contributed by atoms with Gasteiger partial charge in [-0.25, -0.2) is 4.98 Å². The Morgan fingerprint density at radius 1 is 1.45 bits per heavy atom. The van der Waals surface area contributed by atoms with Gasteiger partial charge in [-0.2, -0.15) is 11.8 Å². The quantitative estimate of drug-likeness (QED) is 0.844. The van der Waals surface area contributed by atoms with E-state index in [1.165, 1.54) is 11.3 Å². The minimum atomic E-state index is 0.0336. The minimum Gasteiger partial charge on any atom is -0.462 e. The van der Waals surface area contributed by atoms with Gasteiger partial charge in [-0.15, -0.1) is 11.3 Å². The first-order valence-electron chi connectivity index (χ1n) is 7.32. The summed E-state index contributed by atoms with van der Waals surface area (Å²) >= 11 is 3.36. The molecule has 2 aliphatic heterocycles. The Balaban J connectivity index is 1.56. The van der Waals surface area contributed by atoms with Crippen molar-refractivity contribution in [2.75, 3.05) is 25.5 Å². The molecule has 0 radical (unpaired) electrons. The van der Waals surface area contributed by atoms with E-state index in [2.05, 4.69) is 4.98 Å². The largest absolute Gasteiger partial charge is 0.462 e. The molecular weight excluding hydrogens is 320 g/mol. The molecule has 0 N–H and O–H groups in total. The SMILES string of the molecule is O=C(c1csc(-c2ccco2)n1)N1CCSC2COCCC21. The third kappa shape index (κ3) is 2.57. The highest BCUT2D eigenvalue weighted by molar-refractivity contribution is 8.00. The van der Waals surface area contributed by atoms with Gasteiger partial charge in [0.05, 0.1) is 12.9 Å². The average Bonchev–Trinajstić information content (AvgIpc) is 3.24. The van der Waals surface area contributed by atoms with Gasteiger partial charge in [0.25, 0.3) is 5.91 Å². The predicted molar refractivity (Wildman–Crippen MR) is 86.3 cm³/mol. The number of aromatic nitrogens is 1. The van der Waals surface area contributed by atoms with Crippen LogP contribution in [0.4, 0.5) is 0 Å². The molecule has 1 amide bonds. The zero-order valence-electron chi connectivity index (χ0n) is 11.9. The molecule has 22 heavy (non-hydrogen) atoms. The van der Waals surface area contributed by atoms with Crippen molar-refractivity contribution in [3.63, 3.8) is 0 Å². The van der Waals surface area contributed by atoms with Crippen molar-refractivity contribution in [3.05, 3.63) is 29.5 Å². The van der Waals surface area contributed by atoms with E-state index >= 15 is 0 Å². The van der Waals surface area contributed by atoms with Crippen LogP contribution in [0.5, 0.6) is 0 Å². The molecule has 0 aromatic carbocycles. The molecule has 5 nitrogen and oxygen atoms in total. The van der Waals surface area contributed by atoms with Gasteiger partial charge in [0.1, 0.15) is 5.69 Å². The van der Waals surface area contributed by atoms with Crippen LogP contribution in [0.1, 0.15) is 16.9 Å². The first-order valence-corrected chi connectivity index (χ1v) is 9.25. The van der Waals surface area contributed by atoms with Crippen LogP contribution in [-0.2, 0) is 4.74 Å². The Kier molecular flexibility index (Phi) is 3.94. The lowest BCUT2D eigenvalue weighted by molar-refractivity contribution is 0.0316. The Labute approximate surface area is 136 Å². The van der Waals surface area contributed by atoms with Crippen molar-refractivity contribution in [3.8, 4) is 10.8 Å². The molecule has 2 fully saturated rings. The van der Waals surface area contributed by atoms with Gasteiger partial charge in [-0.05, 0) is 18.6 Å². The van der Waals surface area contributed by atoms with Gasteiger partial charge >= 0.3 is 0 Å². The van der Waals surface area contributed by atoms with Crippen molar-refractivity contribution in [2.45, 2.75) is 17.7 Å². The van der Waals surface area contributed by atoms with Crippen LogP contribution in [0, 0.1) is 0 Å². The standard InChI is InChI=1S/C15H16N2O3S2/c18-15(10-9-22-14(16-10)12-2-1-5-20-12)17-4-7-21-13-8-19-6-3-11(13)17/h1-2,5,9,11,13H,3-4,6-8H2. The van der Waals surface area contributed by atoms with E-state index in [9.17, 15) is 4.79 Å². The Hall–Kier alpha value is -1.31. The van der Waals surface area contributed by atoms with E-state index < -0.39 is 0 Å². The highest BCUT2D eigenvalue weighted by atomic mass is 32.2. The van der Waals surface area contributed by atoms with Crippen LogP contribution in [0.25, 0.3) is 10.8 Å². The summed E-state index contributed by atoms with van der Waals surface area (Å²) in [6, 6.07) is 3.96. The maximum atomic E-state index is 12.8. The Morgan fingerprint density at radius 2 is 2.41 bits per heavy atom. The van der Waals surface area contributed by atoms with Crippen LogP contribution >= 0.6 is 23.1 Å². The molecular formula is C15H16N2O3S2. The Bertz CT molecular complexity index is 654. The van der Waals surface area contributed by atoms with Crippen LogP contribution in [0.15, 0.2) is 28.2 Å². The molecule has 4 rings (SSSR count).